The summed E-state index contributed by atoms with van der Waals surface area (Å²) in [6, 6.07) is 5.54. The van der Waals surface area contributed by atoms with Crippen LogP contribution in [0, 0.1) is 11.8 Å². The van der Waals surface area contributed by atoms with E-state index in [1.54, 1.807) is 28.1 Å². The third-order valence-corrected chi connectivity index (χ3v) is 7.52. The van der Waals surface area contributed by atoms with Gasteiger partial charge in [0.1, 0.15) is 5.60 Å². The van der Waals surface area contributed by atoms with Crippen molar-refractivity contribution < 1.29 is 28.8 Å². The molecule has 38 heavy (non-hydrogen) atoms. The van der Waals surface area contributed by atoms with Gasteiger partial charge in [0.2, 0.25) is 0 Å². The Bertz CT molecular complexity index is 825. The number of methoxy groups -OCH3 is 2. The highest BCUT2D eigenvalue weighted by atomic mass is 16.5. The van der Waals surface area contributed by atoms with Gasteiger partial charge in [-0.15, -0.1) is 0 Å². The van der Waals surface area contributed by atoms with E-state index in [9.17, 15) is 9.90 Å². The fourth-order valence-corrected chi connectivity index (χ4v) is 4.96. The molecule has 1 aliphatic carbocycles. The number of carbonyl (C=O) groups excluding carboxylic acids is 1. The Hall–Kier alpha value is -1.87. The van der Waals surface area contributed by atoms with Crippen LogP contribution in [0.25, 0.3) is 0 Å². The standard InChI is InChI=1S/C30H52N2O6/c1-21(2)23(17-22-13-14-27(36-6)28(18-22)37-16-10-15-35-5)19-25(31)26(33)20-32-29(34)30(3,4)38-24-11-8-7-9-12-24/h13-14,18,21,23-26,33H,7-12,15-17,19-20,31H2,1-6H3,(H,32,34)/t23-,25-,26-/m0/s1. The van der Waals surface area contributed by atoms with Crippen molar-refractivity contribution in [1.29, 1.82) is 0 Å². The first-order valence-electron chi connectivity index (χ1n) is 14.3. The van der Waals surface area contributed by atoms with Gasteiger partial charge in [0.25, 0.3) is 5.91 Å². The van der Waals surface area contributed by atoms with E-state index in [-0.39, 0.29) is 24.5 Å². The lowest BCUT2D eigenvalue weighted by molar-refractivity contribution is -0.152. The summed E-state index contributed by atoms with van der Waals surface area (Å²) in [7, 11) is 3.31. The van der Waals surface area contributed by atoms with E-state index < -0.39 is 17.7 Å². The number of rotatable bonds is 17. The van der Waals surface area contributed by atoms with Crippen LogP contribution in [0.1, 0.15) is 78.2 Å². The van der Waals surface area contributed by atoms with Gasteiger partial charge in [-0.1, -0.05) is 39.2 Å². The molecule has 0 heterocycles. The van der Waals surface area contributed by atoms with Gasteiger partial charge in [0.15, 0.2) is 11.5 Å². The molecule has 0 bridgehead atoms. The minimum Gasteiger partial charge on any atom is -0.493 e. The highest BCUT2D eigenvalue weighted by Crippen LogP contribution is 2.31. The minimum absolute atomic E-state index is 0.101. The summed E-state index contributed by atoms with van der Waals surface area (Å²) >= 11 is 0. The van der Waals surface area contributed by atoms with Crippen molar-refractivity contribution in [2.45, 2.75) is 103 Å². The van der Waals surface area contributed by atoms with E-state index >= 15 is 0 Å². The number of hydrogen-bond acceptors (Lipinski definition) is 7. The summed E-state index contributed by atoms with van der Waals surface area (Å²) in [5, 5.41) is 13.6. The summed E-state index contributed by atoms with van der Waals surface area (Å²) in [6.45, 7) is 9.22. The molecule has 2 rings (SSSR count). The normalized spacial score (nSPS) is 17.2. The Kier molecular flexibility index (Phi) is 13.9. The number of carbonyl (C=O) groups is 1. The van der Waals surface area contributed by atoms with Crippen molar-refractivity contribution in [1.82, 2.24) is 5.32 Å². The zero-order valence-corrected chi connectivity index (χ0v) is 24.5. The third-order valence-electron chi connectivity index (χ3n) is 7.52. The van der Waals surface area contributed by atoms with Gasteiger partial charge in [0.05, 0.1) is 25.9 Å². The van der Waals surface area contributed by atoms with Gasteiger partial charge in [-0.2, -0.15) is 0 Å². The maximum absolute atomic E-state index is 12.8. The molecule has 0 unspecified atom stereocenters. The largest absolute Gasteiger partial charge is 0.493 e. The zero-order valence-electron chi connectivity index (χ0n) is 24.5. The summed E-state index contributed by atoms with van der Waals surface area (Å²) in [4.78, 5) is 12.8. The molecule has 0 saturated heterocycles. The first-order valence-corrected chi connectivity index (χ1v) is 14.3. The summed E-state index contributed by atoms with van der Waals surface area (Å²) < 4.78 is 22.6. The smallest absolute Gasteiger partial charge is 0.251 e. The number of benzene rings is 1. The van der Waals surface area contributed by atoms with Crippen molar-refractivity contribution in [2.24, 2.45) is 17.6 Å². The van der Waals surface area contributed by atoms with Crippen LogP contribution in [-0.2, 0) is 20.7 Å². The van der Waals surface area contributed by atoms with Gasteiger partial charge < -0.3 is 35.1 Å². The fraction of sp³-hybridized carbons (Fsp3) is 0.767. The summed E-state index contributed by atoms with van der Waals surface area (Å²) in [6.07, 6.45) is 7.02. The highest BCUT2D eigenvalue weighted by Gasteiger charge is 2.33. The molecule has 1 fully saturated rings. The molecular weight excluding hydrogens is 484 g/mol. The second-order valence-corrected chi connectivity index (χ2v) is 11.5. The molecule has 0 aliphatic heterocycles. The van der Waals surface area contributed by atoms with Gasteiger partial charge in [-0.3, -0.25) is 4.79 Å². The Morgan fingerprint density at radius 1 is 1.13 bits per heavy atom. The van der Waals surface area contributed by atoms with Crippen molar-refractivity contribution in [2.75, 3.05) is 34.0 Å². The lowest BCUT2D eigenvalue weighted by atomic mass is 9.83. The fourth-order valence-electron chi connectivity index (χ4n) is 4.96. The molecule has 218 valence electrons. The lowest BCUT2D eigenvalue weighted by Crippen LogP contribution is -2.51. The van der Waals surface area contributed by atoms with Crippen LogP contribution in [0.3, 0.4) is 0 Å². The van der Waals surface area contributed by atoms with Gasteiger partial charge >= 0.3 is 0 Å². The van der Waals surface area contributed by atoms with Crippen LogP contribution in [0.4, 0.5) is 0 Å². The SMILES string of the molecule is COCCCOc1cc(C[C@@H](C[C@H](N)[C@@H](O)CNC(=O)C(C)(C)OC2CCCCC2)C(C)C)ccc1OC. The van der Waals surface area contributed by atoms with Crippen LogP contribution < -0.4 is 20.5 Å². The predicted molar refractivity (Wildman–Crippen MR) is 151 cm³/mol. The number of hydrogen-bond donors (Lipinski definition) is 3. The highest BCUT2D eigenvalue weighted by molar-refractivity contribution is 5.84. The topological polar surface area (TPSA) is 112 Å². The summed E-state index contributed by atoms with van der Waals surface area (Å²) in [5.41, 5.74) is 6.62. The van der Waals surface area contributed by atoms with E-state index in [2.05, 4.69) is 19.2 Å². The molecule has 8 nitrogen and oxygen atoms in total. The van der Waals surface area contributed by atoms with Gasteiger partial charge in [0, 0.05) is 32.7 Å². The first kappa shape index (κ1) is 32.3. The molecule has 1 saturated carbocycles. The number of nitrogens with one attached hydrogen (secondary N) is 1. The van der Waals surface area contributed by atoms with Crippen LogP contribution in [0.2, 0.25) is 0 Å². The maximum Gasteiger partial charge on any atom is 0.251 e. The average Bonchev–Trinajstić information content (AvgIpc) is 2.89. The zero-order chi connectivity index (χ0) is 28.1. The van der Waals surface area contributed by atoms with E-state index in [0.29, 0.717) is 37.1 Å². The Balaban J connectivity index is 1.91. The molecule has 1 aromatic rings. The number of aliphatic hydroxyl groups is 1. The first-order chi connectivity index (χ1) is 18.1. The van der Waals surface area contributed by atoms with Crippen molar-refractivity contribution >= 4 is 5.91 Å². The van der Waals surface area contributed by atoms with E-state index in [1.807, 2.05) is 18.2 Å². The van der Waals surface area contributed by atoms with Crippen LogP contribution in [-0.4, -0.2) is 68.8 Å². The molecule has 1 aromatic carbocycles. The molecule has 4 N–H and O–H groups in total. The monoisotopic (exact) mass is 536 g/mol. The molecule has 1 aliphatic rings. The maximum atomic E-state index is 12.8. The van der Waals surface area contributed by atoms with Gasteiger partial charge in [-0.05, 0) is 69.1 Å². The quantitative estimate of drug-likeness (QED) is 0.255. The second kappa shape index (κ2) is 16.3. The molecule has 0 aromatic heterocycles. The van der Waals surface area contributed by atoms with Crippen molar-refractivity contribution in [3.05, 3.63) is 23.8 Å². The Morgan fingerprint density at radius 3 is 2.47 bits per heavy atom. The average molecular weight is 537 g/mol. The Labute approximate surface area is 229 Å². The molecule has 1 amide bonds. The van der Waals surface area contributed by atoms with Crippen LogP contribution in [0.15, 0.2) is 18.2 Å². The third kappa shape index (κ3) is 10.7. The van der Waals surface area contributed by atoms with Crippen LogP contribution >= 0.6 is 0 Å². The summed E-state index contributed by atoms with van der Waals surface area (Å²) in [5.74, 6) is 1.81. The van der Waals surface area contributed by atoms with E-state index in [1.165, 1.54) is 6.42 Å². The van der Waals surface area contributed by atoms with Crippen molar-refractivity contribution in [3.8, 4) is 11.5 Å². The molecule has 8 heteroatoms. The lowest BCUT2D eigenvalue weighted by Gasteiger charge is -2.32. The number of amides is 1. The molecule has 3 atom stereocenters. The molecule has 0 spiro atoms. The second-order valence-electron chi connectivity index (χ2n) is 11.5. The predicted octanol–water partition coefficient (Wildman–Crippen LogP) is 4.25. The number of ether oxygens (including phenoxy) is 4. The Morgan fingerprint density at radius 2 is 1.84 bits per heavy atom. The minimum atomic E-state index is -0.940. The molecular formula is C30H52N2O6. The van der Waals surface area contributed by atoms with Crippen LogP contribution in [0.5, 0.6) is 11.5 Å². The van der Waals surface area contributed by atoms with Gasteiger partial charge in [-0.25, -0.2) is 0 Å². The number of nitrogens with two attached hydrogens (primary N) is 1. The molecule has 0 radical (unpaired) electrons. The van der Waals surface area contributed by atoms with Crippen molar-refractivity contribution in [3.63, 3.8) is 0 Å². The number of aliphatic hydroxyl groups excluding tert-OH is 1. The van der Waals surface area contributed by atoms with E-state index in [0.717, 1.165) is 44.1 Å². The van der Waals surface area contributed by atoms with E-state index in [4.69, 9.17) is 24.7 Å².